The molecule has 4 heteroatoms. The molecule has 0 aliphatic heterocycles. The summed E-state index contributed by atoms with van der Waals surface area (Å²) >= 11 is 0. The minimum atomic E-state index is -0.284. The number of nitrogens with zero attached hydrogens (tertiary/aromatic N) is 1. The fourth-order valence-electron chi connectivity index (χ4n) is 4.78. The van der Waals surface area contributed by atoms with E-state index in [1.165, 1.54) is 23.3 Å². The molecule has 196 valence electrons. The summed E-state index contributed by atoms with van der Waals surface area (Å²) in [6.45, 7) is 0.520. The standard InChI is InChI=1S/C35H32FNO2/c1-37(2)35(28-13-7-4-8-14-28)33-25-29(27-11-5-3-6-12-27)16-21-34(33)38-23-22-26-10-9-15-32(24-26)39-31-19-17-30(36)18-20-31/h3-21,24-25,35H,22-23H2,1-2H3. The molecule has 0 heterocycles. The predicted molar refractivity (Wildman–Crippen MR) is 156 cm³/mol. The smallest absolute Gasteiger partial charge is 0.127 e. The van der Waals surface area contributed by atoms with Gasteiger partial charge in [0.2, 0.25) is 0 Å². The highest BCUT2D eigenvalue weighted by molar-refractivity contribution is 5.66. The van der Waals surface area contributed by atoms with E-state index in [0.29, 0.717) is 18.1 Å². The summed E-state index contributed by atoms with van der Waals surface area (Å²) in [4.78, 5) is 2.22. The van der Waals surface area contributed by atoms with Gasteiger partial charge < -0.3 is 9.47 Å². The Bertz CT molecular complexity index is 1480. The molecule has 5 rings (SSSR count). The zero-order valence-electron chi connectivity index (χ0n) is 22.3. The van der Waals surface area contributed by atoms with E-state index in [9.17, 15) is 4.39 Å². The maximum Gasteiger partial charge on any atom is 0.127 e. The highest BCUT2D eigenvalue weighted by Gasteiger charge is 2.21. The molecule has 0 spiro atoms. The number of hydrogen-bond acceptors (Lipinski definition) is 3. The second-order valence-electron chi connectivity index (χ2n) is 9.70. The molecule has 0 saturated heterocycles. The molecule has 5 aromatic rings. The molecule has 0 bridgehead atoms. The van der Waals surface area contributed by atoms with Gasteiger partial charge in [0, 0.05) is 12.0 Å². The van der Waals surface area contributed by atoms with Crippen LogP contribution in [0.3, 0.4) is 0 Å². The number of halogens is 1. The molecular formula is C35H32FNO2. The van der Waals surface area contributed by atoms with Crippen LogP contribution in [0.1, 0.15) is 22.7 Å². The molecule has 0 N–H and O–H groups in total. The summed E-state index contributed by atoms with van der Waals surface area (Å²) in [6, 6.07) is 41.4. The van der Waals surface area contributed by atoms with E-state index in [4.69, 9.17) is 9.47 Å². The van der Waals surface area contributed by atoms with Crippen LogP contribution < -0.4 is 9.47 Å². The molecule has 0 amide bonds. The lowest BCUT2D eigenvalue weighted by atomic mass is 9.93. The molecule has 39 heavy (non-hydrogen) atoms. The molecule has 0 radical (unpaired) electrons. The third kappa shape index (κ3) is 6.73. The van der Waals surface area contributed by atoms with Crippen molar-refractivity contribution in [1.29, 1.82) is 0 Å². The van der Waals surface area contributed by atoms with Crippen molar-refractivity contribution in [1.82, 2.24) is 4.90 Å². The first kappa shape index (κ1) is 26.2. The van der Waals surface area contributed by atoms with E-state index in [1.807, 2.05) is 30.3 Å². The fourth-order valence-corrected chi connectivity index (χ4v) is 4.78. The lowest BCUT2D eigenvalue weighted by Gasteiger charge is -2.28. The van der Waals surface area contributed by atoms with Gasteiger partial charge in [-0.25, -0.2) is 4.39 Å². The van der Waals surface area contributed by atoms with E-state index in [1.54, 1.807) is 12.1 Å². The van der Waals surface area contributed by atoms with Crippen LogP contribution in [0.15, 0.2) is 127 Å². The van der Waals surface area contributed by atoms with Crippen LogP contribution in [-0.2, 0) is 6.42 Å². The zero-order valence-corrected chi connectivity index (χ0v) is 22.3. The van der Waals surface area contributed by atoms with Crippen LogP contribution in [0.25, 0.3) is 11.1 Å². The Balaban J connectivity index is 1.37. The number of hydrogen-bond donors (Lipinski definition) is 0. The van der Waals surface area contributed by atoms with Gasteiger partial charge in [-0.15, -0.1) is 0 Å². The fraction of sp³-hybridized carbons (Fsp3) is 0.143. The predicted octanol–water partition coefficient (Wildman–Crippen LogP) is 8.56. The normalized spacial score (nSPS) is 11.8. The molecule has 1 unspecified atom stereocenters. The minimum absolute atomic E-state index is 0.0392. The molecule has 0 fully saturated rings. The van der Waals surface area contributed by atoms with Crippen molar-refractivity contribution < 1.29 is 13.9 Å². The van der Waals surface area contributed by atoms with Crippen LogP contribution in [-0.4, -0.2) is 25.6 Å². The van der Waals surface area contributed by atoms with Gasteiger partial charge in [0.05, 0.1) is 12.6 Å². The lowest BCUT2D eigenvalue weighted by molar-refractivity contribution is 0.295. The van der Waals surface area contributed by atoms with Crippen LogP contribution >= 0.6 is 0 Å². The molecule has 0 aliphatic carbocycles. The number of ether oxygens (including phenoxy) is 2. The first-order chi connectivity index (χ1) is 19.1. The highest BCUT2D eigenvalue weighted by Crippen LogP contribution is 2.37. The Morgan fingerprint density at radius 1 is 0.667 bits per heavy atom. The first-order valence-electron chi connectivity index (χ1n) is 13.1. The van der Waals surface area contributed by atoms with Crippen molar-refractivity contribution in [3.8, 4) is 28.4 Å². The van der Waals surface area contributed by atoms with Gasteiger partial charge in [-0.05, 0) is 84.9 Å². The van der Waals surface area contributed by atoms with Crippen molar-refractivity contribution >= 4 is 0 Å². The van der Waals surface area contributed by atoms with Crippen LogP contribution in [0.2, 0.25) is 0 Å². The molecule has 5 aromatic carbocycles. The average Bonchev–Trinajstić information content (AvgIpc) is 2.96. The van der Waals surface area contributed by atoms with E-state index >= 15 is 0 Å². The minimum Gasteiger partial charge on any atom is -0.493 e. The summed E-state index contributed by atoms with van der Waals surface area (Å²) < 4.78 is 25.6. The third-order valence-electron chi connectivity index (χ3n) is 6.64. The molecular weight excluding hydrogens is 485 g/mol. The summed E-state index contributed by atoms with van der Waals surface area (Å²) in [5, 5.41) is 0. The van der Waals surface area contributed by atoms with Gasteiger partial charge in [-0.2, -0.15) is 0 Å². The second-order valence-corrected chi connectivity index (χ2v) is 9.70. The van der Waals surface area contributed by atoms with Gasteiger partial charge in [0.1, 0.15) is 23.1 Å². The van der Waals surface area contributed by atoms with Crippen LogP contribution in [0, 0.1) is 5.82 Å². The first-order valence-corrected chi connectivity index (χ1v) is 13.1. The number of benzene rings is 5. The van der Waals surface area contributed by atoms with Gasteiger partial charge in [0.15, 0.2) is 0 Å². The molecule has 1 atom stereocenters. The molecule has 0 aromatic heterocycles. The van der Waals surface area contributed by atoms with Crippen molar-refractivity contribution in [2.75, 3.05) is 20.7 Å². The van der Waals surface area contributed by atoms with E-state index in [-0.39, 0.29) is 11.9 Å². The molecule has 3 nitrogen and oxygen atoms in total. The van der Waals surface area contributed by atoms with Crippen molar-refractivity contribution in [3.05, 3.63) is 150 Å². The topological polar surface area (TPSA) is 21.7 Å². The van der Waals surface area contributed by atoms with E-state index in [0.717, 1.165) is 28.9 Å². The average molecular weight is 518 g/mol. The third-order valence-corrected chi connectivity index (χ3v) is 6.64. The zero-order chi connectivity index (χ0) is 27.0. The monoisotopic (exact) mass is 517 g/mol. The van der Waals surface area contributed by atoms with Crippen molar-refractivity contribution in [2.24, 2.45) is 0 Å². The Morgan fingerprint density at radius 3 is 2.10 bits per heavy atom. The quantitative estimate of drug-likeness (QED) is 0.185. The van der Waals surface area contributed by atoms with Crippen LogP contribution in [0.5, 0.6) is 17.2 Å². The Hall–Kier alpha value is -4.41. The van der Waals surface area contributed by atoms with Crippen molar-refractivity contribution in [2.45, 2.75) is 12.5 Å². The maximum absolute atomic E-state index is 13.2. The summed E-state index contributed by atoms with van der Waals surface area (Å²) in [7, 11) is 4.20. The molecule has 0 aliphatic rings. The molecule has 0 saturated carbocycles. The van der Waals surface area contributed by atoms with Gasteiger partial charge in [0.25, 0.3) is 0 Å². The van der Waals surface area contributed by atoms with E-state index in [2.05, 4.69) is 91.8 Å². The Kier molecular flexibility index (Phi) is 8.35. The summed E-state index contributed by atoms with van der Waals surface area (Å²) in [5.74, 6) is 1.90. The maximum atomic E-state index is 13.2. The highest BCUT2D eigenvalue weighted by atomic mass is 19.1. The van der Waals surface area contributed by atoms with Crippen LogP contribution in [0.4, 0.5) is 4.39 Å². The summed E-state index contributed by atoms with van der Waals surface area (Å²) in [5.41, 5.74) is 5.77. The largest absolute Gasteiger partial charge is 0.493 e. The SMILES string of the molecule is CN(C)C(c1ccccc1)c1cc(-c2ccccc2)ccc1OCCc1cccc(Oc2ccc(F)cc2)c1. The van der Waals surface area contributed by atoms with E-state index < -0.39 is 0 Å². The number of rotatable bonds is 10. The summed E-state index contributed by atoms with van der Waals surface area (Å²) in [6.07, 6.45) is 0.721. The lowest BCUT2D eigenvalue weighted by Crippen LogP contribution is -2.22. The van der Waals surface area contributed by atoms with Gasteiger partial charge >= 0.3 is 0 Å². The Morgan fingerprint density at radius 2 is 1.38 bits per heavy atom. The van der Waals surface area contributed by atoms with Gasteiger partial charge in [-0.1, -0.05) is 78.9 Å². The van der Waals surface area contributed by atoms with Crippen molar-refractivity contribution in [3.63, 3.8) is 0 Å². The van der Waals surface area contributed by atoms with Gasteiger partial charge in [-0.3, -0.25) is 4.90 Å². The Labute approximate surface area is 230 Å². The second kappa shape index (κ2) is 12.4.